The number of hydrogen-bond donors (Lipinski definition) is 1. The maximum absolute atomic E-state index is 10.3. The van der Waals surface area contributed by atoms with Crippen LogP contribution in [0.2, 0.25) is 0 Å². The van der Waals surface area contributed by atoms with Crippen molar-refractivity contribution in [2.45, 2.75) is 57.2 Å². The highest BCUT2D eigenvalue weighted by molar-refractivity contribution is 6.15. The Hall–Kier alpha value is -3.26. The number of benzene rings is 2. The number of tetrazole rings is 1. The Morgan fingerprint density at radius 2 is 1.76 bits per heavy atom. The standard InChI is InChI=1S/C25H29N5O3/c1-4-11-30-28-25(27-29-30)16-7-5-15(6-8-16)24-20-14-23(33-3)22(32-2)13-18(20)19-12-17(31)9-10-21(19)26-24/h5-8,13-14,17,19,21,31H,4,9-12H2,1-3H3. The fourth-order valence-corrected chi connectivity index (χ4v) is 4.92. The predicted octanol–water partition coefficient (Wildman–Crippen LogP) is 3.62. The van der Waals surface area contributed by atoms with E-state index in [2.05, 4.69) is 40.5 Å². The molecule has 2 heterocycles. The van der Waals surface area contributed by atoms with E-state index in [9.17, 15) is 5.11 Å². The van der Waals surface area contributed by atoms with Gasteiger partial charge in [0.05, 0.1) is 38.6 Å². The van der Waals surface area contributed by atoms with Crippen LogP contribution in [-0.2, 0) is 6.54 Å². The van der Waals surface area contributed by atoms with E-state index in [0.717, 1.165) is 53.8 Å². The molecule has 2 aromatic carbocycles. The second-order valence-electron chi connectivity index (χ2n) is 8.70. The molecule has 33 heavy (non-hydrogen) atoms. The van der Waals surface area contributed by atoms with Crippen LogP contribution in [0.4, 0.5) is 0 Å². The van der Waals surface area contributed by atoms with Gasteiger partial charge in [0.2, 0.25) is 5.82 Å². The van der Waals surface area contributed by atoms with E-state index in [1.165, 1.54) is 0 Å². The fraction of sp³-hybridized carbons (Fsp3) is 0.440. The lowest BCUT2D eigenvalue weighted by Crippen LogP contribution is -2.34. The van der Waals surface area contributed by atoms with E-state index in [1.54, 1.807) is 19.0 Å². The Morgan fingerprint density at radius 3 is 2.48 bits per heavy atom. The van der Waals surface area contributed by atoms with Crippen molar-refractivity contribution in [2.24, 2.45) is 4.99 Å². The predicted molar refractivity (Wildman–Crippen MR) is 125 cm³/mol. The number of hydrogen-bond acceptors (Lipinski definition) is 7. The molecule has 0 spiro atoms. The topological polar surface area (TPSA) is 94.7 Å². The Labute approximate surface area is 193 Å². The number of methoxy groups -OCH3 is 2. The van der Waals surface area contributed by atoms with Crippen molar-refractivity contribution in [1.29, 1.82) is 0 Å². The summed E-state index contributed by atoms with van der Waals surface area (Å²) in [5, 5.41) is 23.1. The number of aliphatic hydroxyl groups is 1. The molecule has 1 saturated carbocycles. The van der Waals surface area contributed by atoms with Gasteiger partial charge in [-0.2, -0.15) is 4.80 Å². The number of aliphatic imine (C=N–C) groups is 1. The van der Waals surface area contributed by atoms with Crippen molar-refractivity contribution in [1.82, 2.24) is 20.2 Å². The van der Waals surface area contributed by atoms with Crippen molar-refractivity contribution in [3.05, 3.63) is 53.1 Å². The van der Waals surface area contributed by atoms with Crippen molar-refractivity contribution in [3.8, 4) is 22.9 Å². The highest BCUT2D eigenvalue weighted by atomic mass is 16.5. The van der Waals surface area contributed by atoms with Gasteiger partial charge in [-0.1, -0.05) is 31.2 Å². The van der Waals surface area contributed by atoms with Crippen LogP contribution in [0.15, 0.2) is 41.4 Å². The number of aryl methyl sites for hydroxylation is 1. The number of ether oxygens (including phenoxy) is 2. The summed E-state index contributed by atoms with van der Waals surface area (Å²) >= 11 is 0. The molecule has 2 aliphatic rings. The third-order valence-electron chi connectivity index (χ3n) is 6.58. The van der Waals surface area contributed by atoms with Gasteiger partial charge in [-0.3, -0.25) is 4.99 Å². The van der Waals surface area contributed by atoms with Crippen LogP contribution in [-0.4, -0.2) is 57.4 Å². The minimum absolute atomic E-state index is 0.143. The Morgan fingerprint density at radius 1 is 1.03 bits per heavy atom. The van der Waals surface area contributed by atoms with Gasteiger partial charge in [0.1, 0.15) is 0 Å². The molecule has 0 saturated heterocycles. The lowest BCUT2D eigenvalue weighted by atomic mass is 9.74. The van der Waals surface area contributed by atoms with Crippen molar-refractivity contribution in [3.63, 3.8) is 0 Å². The summed E-state index contributed by atoms with van der Waals surface area (Å²) in [6.07, 6.45) is 3.02. The fourth-order valence-electron chi connectivity index (χ4n) is 4.92. The van der Waals surface area contributed by atoms with Gasteiger partial charge in [-0.25, -0.2) is 0 Å². The highest BCUT2D eigenvalue weighted by Gasteiger charge is 2.37. The molecular formula is C25H29N5O3. The second-order valence-corrected chi connectivity index (χ2v) is 8.70. The molecule has 0 radical (unpaired) electrons. The Bertz CT molecular complexity index is 1170. The number of nitrogens with zero attached hydrogens (tertiary/aromatic N) is 5. The monoisotopic (exact) mass is 447 g/mol. The molecule has 8 nitrogen and oxygen atoms in total. The van der Waals surface area contributed by atoms with Gasteiger partial charge in [-0.15, -0.1) is 10.2 Å². The lowest BCUT2D eigenvalue weighted by molar-refractivity contribution is 0.111. The van der Waals surface area contributed by atoms with Crippen molar-refractivity contribution in [2.75, 3.05) is 14.2 Å². The van der Waals surface area contributed by atoms with Crippen LogP contribution in [0.25, 0.3) is 11.4 Å². The van der Waals surface area contributed by atoms with Gasteiger partial charge in [-0.05, 0) is 48.6 Å². The zero-order valence-electron chi connectivity index (χ0n) is 19.2. The summed E-state index contributed by atoms with van der Waals surface area (Å²) < 4.78 is 11.2. The minimum Gasteiger partial charge on any atom is -0.493 e. The highest BCUT2D eigenvalue weighted by Crippen LogP contribution is 2.44. The quantitative estimate of drug-likeness (QED) is 0.620. The zero-order chi connectivity index (χ0) is 22.9. The molecule has 5 rings (SSSR count). The van der Waals surface area contributed by atoms with E-state index >= 15 is 0 Å². The van der Waals surface area contributed by atoms with Crippen molar-refractivity contribution >= 4 is 5.71 Å². The van der Waals surface area contributed by atoms with Gasteiger partial charge >= 0.3 is 0 Å². The van der Waals surface area contributed by atoms with Crippen molar-refractivity contribution < 1.29 is 14.6 Å². The summed E-state index contributed by atoms with van der Waals surface area (Å²) in [7, 11) is 3.29. The SMILES string of the molecule is CCCn1nnc(-c2ccc(C3=NC4CCC(O)CC4c4cc(OC)c(OC)cc43)cc2)n1. The van der Waals surface area contributed by atoms with Gasteiger partial charge in [0.25, 0.3) is 0 Å². The van der Waals surface area contributed by atoms with Crippen LogP contribution in [0, 0.1) is 0 Å². The van der Waals surface area contributed by atoms with Crippen LogP contribution in [0.3, 0.4) is 0 Å². The largest absolute Gasteiger partial charge is 0.493 e. The average Bonchev–Trinajstić information content (AvgIpc) is 3.31. The zero-order valence-corrected chi connectivity index (χ0v) is 19.2. The first kappa shape index (κ1) is 21.6. The number of aliphatic hydroxyl groups excluding tert-OH is 1. The molecule has 1 fully saturated rings. The molecule has 3 atom stereocenters. The normalized spacial score (nSPS) is 21.7. The molecular weight excluding hydrogens is 418 g/mol. The van der Waals surface area contributed by atoms with Crippen LogP contribution >= 0.6 is 0 Å². The third kappa shape index (κ3) is 3.99. The number of aromatic nitrogens is 4. The van der Waals surface area contributed by atoms with Crippen LogP contribution in [0.1, 0.15) is 55.2 Å². The van der Waals surface area contributed by atoms with Gasteiger partial charge in [0.15, 0.2) is 11.5 Å². The van der Waals surface area contributed by atoms with E-state index in [0.29, 0.717) is 23.7 Å². The maximum Gasteiger partial charge on any atom is 0.204 e. The van der Waals surface area contributed by atoms with E-state index in [-0.39, 0.29) is 18.1 Å². The molecule has 172 valence electrons. The maximum atomic E-state index is 10.3. The summed E-state index contributed by atoms with van der Waals surface area (Å²) in [5.74, 6) is 2.16. The van der Waals surface area contributed by atoms with E-state index in [4.69, 9.17) is 14.5 Å². The first-order valence-corrected chi connectivity index (χ1v) is 11.5. The molecule has 1 aliphatic heterocycles. The summed E-state index contributed by atoms with van der Waals surface area (Å²) in [5.41, 5.74) is 5.08. The Kier molecular flexibility index (Phi) is 5.85. The third-order valence-corrected chi connectivity index (χ3v) is 6.58. The molecule has 8 heteroatoms. The lowest BCUT2D eigenvalue weighted by Gasteiger charge is -2.37. The van der Waals surface area contributed by atoms with E-state index < -0.39 is 0 Å². The molecule has 0 amide bonds. The minimum atomic E-state index is -0.295. The first-order valence-electron chi connectivity index (χ1n) is 11.5. The Balaban J connectivity index is 1.54. The molecule has 0 bridgehead atoms. The second kappa shape index (κ2) is 8.94. The number of fused-ring (bicyclic) bond motifs is 3. The number of rotatable bonds is 6. The smallest absolute Gasteiger partial charge is 0.204 e. The average molecular weight is 448 g/mol. The molecule has 1 N–H and O–H groups in total. The molecule has 1 aromatic heterocycles. The van der Waals surface area contributed by atoms with Gasteiger partial charge in [0, 0.05) is 22.6 Å². The molecule has 3 unspecified atom stereocenters. The molecule has 3 aromatic rings. The molecule has 1 aliphatic carbocycles. The summed E-state index contributed by atoms with van der Waals surface area (Å²) in [6.45, 7) is 2.84. The van der Waals surface area contributed by atoms with Gasteiger partial charge < -0.3 is 14.6 Å². The van der Waals surface area contributed by atoms with Crippen LogP contribution < -0.4 is 9.47 Å². The summed E-state index contributed by atoms with van der Waals surface area (Å²) in [6, 6.07) is 12.4. The summed E-state index contributed by atoms with van der Waals surface area (Å²) in [4.78, 5) is 6.80. The van der Waals surface area contributed by atoms with E-state index in [1.807, 2.05) is 18.2 Å². The first-order chi connectivity index (χ1) is 16.1. The van der Waals surface area contributed by atoms with Crippen LogP contribution in [0.5, 0.6) is 11.5 Å².